The van der Waals surface area contributed by atoms with Crippen molar-refractivity contribution in [2.24, 2.45) is 0 Å². The highest BCUT2D eigenvalue weighted by Gasteiger charge is 2.11. The molecule has 0 aliphatic carbocycles. The molecule has 0 aliphatic rings. The molecular weight excluding hydrogens is 248 g/mol. The number of para-hydroxylation sites is 2. The number of carbonyl (C=O) groups is 1. The van der Waals surface area contributed by atoms with Crippen molar-refractivity contribution in [1.82, 2.24) is 0 Å². The van der Waals surface area contributed by atoms with Crippen molar-refractivity contribution in [2.45, 2.75) is 13.3 Å². The van der Waals surface area contributed by atoms with Gasteiger partial charge in [0.15, 0.2) is 0 Å². The molecule has 0 fully saturated rings. The third kappa shape index (κ3) is 4.79. The number of hydrogen-bond acceptors (Lipinski definition) is 5. The highest BCUT2D eigenvalue weighted by atomic mass is 16.6. The second-order valence-corrected chi connectivity index (χ2v) is 3.97. The number of rotatable bonds is 7. The number of anilines is 1. The number of carbonyl (C=O) groups excluding carboxylic acids is 1. The van der Waals surface area contributed by atoms with Gasteiger partial charge in [0.25, 0.3) is 5.69 Å². The minimum absolute atomic E-state index is 0.0291. The Hall–Kier alpha value is -2.37. The first-order chi connectivity index (χ1) is 9.02. The summed E-state index contributed by atoms with van der Waals surface area (Å²) in [6.07, 6.45) is 0.561. The van der Waals surface area contributed by atoms with Gasteiger partial charge in [-0.3, -0.25) is 10.1 Å². The predicted molar refractivity (Wildman–Crippen MR) is 72.0 cm³/mol. The molecule has 0 bridgehead atoms. The summed E-state index contributed by atoms with van der Waals surface area (Å²) in [5, 5.41) is 13.7. The van der Waals surface area contributed by atoms with Gasteiger partial charge in [-0.05, 0) is 19.4 Å². The molecule has 1 aromatic carbocycles. The molecule has 6 heteroatoms. The summed E-state index contributed by atoms with van der Waals surface area (Å²) >= 11 is 0. The molecule has 102 valence electrons. The summed E-state index contributed by atoms with van der Waals surface area (Å²) in [6.45, 7) is 5.77. The van der Waals surface area contributed by atoms with E-state index < -0.39 is 10.9 Å². The standard InChI is InChI=1S/C13H16N2O4/c1-10(2)13(16)19-9-5-8-14-11-6-3-4-7-12(11)15(17)18/h3-4,6-7,14H,1,5,8-9H2,2H3. The molecule has 0 spiro atoms. The van der Waals surface area contributed by atoms with E-state index in [4.69, 9.17) is 4.74 Å². The second kappa shape index (κ2) is 7.15. The molecule has 0 radical (unpaired) electrons. The highest BCUT2D eigenvalue weighted by Crippen LogP contribution is 2.22. The Balaban J connectivity index is 2.36. The fourth-order valence-electron chi connectivity index (χ4n) is 1.37. The Labute approximate surface area is 111 Å². The van der Waals surface area contributed by atoms with Crippen molar-refractivity contribution >= 4 is 17.3 Å². The number of nitrogens with zero attached hydrogens (tertiary/aromatic N) is 1. The van der Waals surface area contributed by atoms with Crippen LogP contribution in [0.4, 0.5) is 11.4 Å². The lowest BCUT2D eigenvalue weighted by atomic mass is 10.2. The quantitative estimate of drug-likeness (QED) is 0.269. The Bertz CT molecular complexity index is 485. The molecule has 6 nitrogen and oxygen atoms in total. The van der Waals surface area contributed by atoms with E-state index in [1.54, 1.807) is 25.1 Å². The number of benzene rings is 1. The van der Waals surface area contributed by atoms with Crippen LogP contribution in [0, 0.1) is 10.1 Å². The molecule has 0 unspecified atom stereocenters. The molecule has 0 aliphatic heterocycles. The highest BCUT2D eigenvalue weighted by molar-refractivity contribution is 5.86. The van der Waals surface area contributed by atoms with E-state index in [0.29, 0.717) is 24.2 Å². The first-order valence-electron chi connectivity index (χ1n) is 5.82. The minimum Gasteiger partial charge on any atom is -0.462 e. The van der Waals surface area contributed by atoms with Crippen molar-refractivity contribution in [1.29, 1.82) is 0 Å². The average molecular weight is 264 g/mol. The van der Waals surface area contributed by atoms with Crippen LogP contribution in [0.5, 0.6) is 0 Å². The molecule has 1 aromatic rings. The molecule has 0 saturated heterocycles. The zero-order valence-electron chi connectivity index (χ0n) is 10.7. The zero-order valence-corrected chi connectivity index (χ0v) is 10.7. The monoisotopic (exact) mass is 264 g/mol. The van der Waals surface area contributed by atoms with Crippen molar-refractivity contribution in [3.05, 3.63) is 46.5 Å². The summed E-state index contributed by atoms with van der Waals surface area (Å²) in [6, 6.07) is 6.40. The molecular formula is C13H16N2O4. The number of nitro benzene ring substituents is 1. The van der Waals surface area contributed by atoms with E-state index in [1.807, 2.05) is 0 Å². The van der Waals surface area contributed by atoms with Gasteiger partial charge in [0.1, 0.15) is 5.69 Å². The van der Waals surface area contributed by atoms with Gasteiger partial charge in [0.2, 0.25) is 0 Å². The van der Waals surface area contributed by atoms with Crippen LogP contribution in [0.25, 0.3) is 0 Å². The second-order valence-electron chi connectivity index (χ2n) is 3.97. The minimum atomic E-state index is -0.441. The molecule has 0 saturated carbocycles. The van der Waals surface area contributed by atoms with E-state index in [2.05, 4.69) is 11.9 Å². The third-order valence-electron chi connectivity index (χ3n) is 2.32. The first kappa shape index (κ1) is 14.7. The van der Waals surface area contributed by atoms with Crippen LogP contribution in [0.2, 0.25) is 0 Å². The number of nitrogens with one attached hydrogen (secondary N) is 1. The fraction of sp³-hybridized carbons (Fsp3) is 0.308. The Morgan fingerprint density at radius 2 is 2.16 bits per heavy atom. The van der Waals surface area contributed by atoms with Gasteiger partial charge in [-0.2, -0.15) is 0 Å². The average Bonchev–Trinajstić information content (AvgIpc) is 2.38. The molecule has 19 heavy (non-hydrogen) atoms. The fourth-order valence-corrected chi connectivity index (χ4v) is 1.37. The van der Waals surface area contributed by atoms with E-state index in [9.17, 15) is 14.9 Å². The molecule has 1 rings (SSSR count). The van der Waals surface area contributed by atoms with Gasteiger partial charge in [-0.25, -0.2) is 4.79 Å². The van der Waals surface area contributed by atoms with Gasteiger partial charge in [0.05, 0.1) is 11.5 Å². The van der Waals surface area contributed by atoms with Crippen molar-refractivity contribution in [2.75, 3.05) is 18.5 Å². The molecule has 0 aromatic heterocycles. The topological polar surface area (TPSA) is 81.5 Å². The molecule has 0 atom stereocenters. The third-order valence-corrected chi connectivity index (χ3v) is 2.32. The summed E-state index contributed by atoms with van der Waals surface area (Å²) in [4.78, 5) is 21.4. The lowest BCUT2D eigenvalue weighted by molar-refractivity contribution is -0.384. The van der Waals surface area contributed by atoms with Crippen LogP contribution in [-0.4, -0.2) is 24.0 Å². The van der Waals surface area contributed by atoms with Gasteiger partial charge in [0, 0.05) is 18.2 Å². The van der Waals surface area contributed by atoms with Gasteiger partial charge in [-0.15, -0.1) is 0 Å². The molecule has 0 heterocycles. The van der Waals surface area contributed by atoms with Crippen molar-refractivity contribution < 1.29 is 14.5 Å². The maximum Gasteiger partial charge on any atom is 0.333 e. The normalized spacial score (nSPS) is 9.74. The lowest BCUT2D eigenvalue weighted by Gasteiger charge is -2.07. The maximum atomic E-state index is 11.1. The Kier molecular flexibility index (Phi) is 5.53. The summed E-state index contributed by atoms with van der Waals surface area (Å²) in [7, 11) is 0. The maximum absolute atomic E-state index is 11.1. The summed E-state index contributed by atoms with van der Waals surface area (Å²) in [5.41, 5.74) is 0.840. The van der Waals surface area contributed by atoms with Gasteiger partial charge >= 0.3 is 5.97 Å². The molecule has 1 N–H and O–H groups in total. The number of esters is 1. The number of ether oxygens (including phenoxy) is 1. The van der Waals surface area contributed by atoms with Crippen molar-refractivity contribution in [3.63, 3.8) is 0 Å². The zero-order chi connectivity index (χ0) is 14.3. The Morgan fingerprint density at radius 1 is 1.47 bits per heavy atom. The van der Waals surface area contributed by atoms with Crippen LogP contribution in [0.3, 0.4) is 0 Å². The van der Waals surface area contributed by atoms with Crippen LogP contribution >= 0.6 is 0 Å². The largest absolute Gasteiger partial charge is 0.462 e. The molecule has 0 amide bonds. The van der Waals surface area contributed by atoms with E-state index in [1.165, 1.54) is 6.07 Å². The van der Waals surface area contributed by atoms with Crippen LogP contribution < -0.4 is 5.32 Å². The summed E-state index contributed by atoms with van der Waals surface area (Å²) < 4.78 is 4.91. The van der Waals surface area contributed by atoms with Crippen LogP contribution in [-0.2, 0) is 9.53 Å². The summed E-state index contributed by atoms with van der Waals surface area (Å²) in [5.74, 6) is -0.425. The van der Waals surface area contributed by atoms with E-state index in [0.717, 1.165) is 0 Å². The number of nitro groups is 1. The predicted octanol–water partition coefficient (Wildman–Crippen LogP) is 2.52. The number of hydrogen-bond donors (Lipinski definition) is 1. The van der Waals surface area contributed by atoms with Gasteiger partial charge < -0.3 is 10.1 Å². The van der Waals surface area contributed by atoms with Crippen molar-refractivity contribution in [3.8, 4) is 0 Å². The SMILES string of the molecule is C=C(C)C(=O)OCCCNc1ccccc1[N+](=O)[O-]. The van der Waals surface area contributed by atoms with Crippen LogP contribution in [0.15, 0.2) is 36.4 Å². The van der Waals surface area contributed by atoms with E-state index in [-0.39, 0.29) is 12.3 Å². The first-order valence-corrected chi connectivity index (χ1v) is 5.82. The van der Waals surface area contributed by atoms with Gasteiger partial charge in [-0.1, -0.05) is 18.7 Å². The lowest BCUT2D eigenvalue weighted by Crippen LogP contribution is -2.11. The smallest absolute Gasteiger partial charge is 0.333 e. The van der Waals surface area contributed by atoms with E-state index >= 15 is 0 Å². The Morgan fingerprint density at radius 3 is 2.79 bits per heavy atom. The van der Waals surface area contributed by atoms with Crippen LogP contribution in [0.1, 0.15) is 13.3 Å².